The van der Waals surface area contributed by atoms with Crippen LogP contribution in [-0.2, 0) is 4.74 Å². The van der Waals surface area contributed by atoms with E-state index in [0.29, 0.717) is 18.5 Å². The minimum atomic E-state index is 0.314. The maximum Gasteiger partial charge on any atom is 0.119 e. The third-order valence-electron chi connectivity index (χ3n) is 2.99. The van der Waals surface area contributed by atoms with Crippen LogP contribution in [0.25, 0.3) is 0 Å². The Morgan fingerprint density at radius 1 is 1.39 bits per heavy atom. The Morgan fingerprint density at radius 3 is 2.89 bits per heavy atom. The summed E-state index contributed by atoms with van der Waals surface area (Å²) in [6, 6.07) is 8.19. The van der Waals surface area contributed by atoms with Gasteiger partial charge in [0.1, 0.15) is 12.4 Å². The number of hydrogen-bond acceptors (Lipinski definition) is 3. The molecule has 0 bridgehead atoms. The van der Waals surface area contributed by atoms with E-state index in [1.807, 2.05) is 24.3 Å². The molecule has 2 rings (SSSR count). The highest BCUT2D eigenvalue weighted by Crippen LogP contribution is 2.16. The maximum absolute atomic E-state index is 5.92. The molecule has 1 aliphatic heterocycles. The molecule has 0 amide bonds. The molecule has 1 aromatic rings. The van der Waals surface area contributed by atoms with Crippen LogP contribution >= 0.6 is 27.5 Å². The number of rotatable bonds is 5. The summed E-state index contributed by atoms with van der Waals surface area (Å²) in [4.78, 5) is 2.33. The van der Waals surface area contributed by atoms with E-state index in [9.17, 15) is 0 Å². The average Bonchev–Trinajstić information content (AvgIpc) is 2.41. The predicted octanol–water partition coefficient (Wildman–Crippen LogP) is 2.77. The van der Waals surface area contributed by atoms with Crippen molar-refractivity contribution in [2.75, 3.05) is 38.8 Å². The molecule has 0 aromatic heterocycles. The van der Waals surface area contributed by atoms with Crippen LogP contribution in [0.15, 0.2) is 28.7 Å². The molecule has 1 aliphatic rings. The van der Waals surface area contributed by atoms with Crippen molar-refractivity contribution in [3.63, 3.8) is 0 Å². The average molecular weight is 335 g/mol. The monoisotopic (exact) mass is 333 g/mol. The van der Waals surface area contributed by atoms with Gasteiger partial charge in [-0.05, 0) is 24.3 Å². The molecule has 1 heterocycles. The molecule has 3 nitrogen and oxygen atoms in total. The minimum absolute atomic E-state index is 0.314. The molecule has 100 valence electrons. The standard InChI is InChI=1S/C13H17BrClNO2/c14-11-1-3-13(4-2-11)18-8-6-16-5-7-17-10-12(16)9-15/h1-4,12H,5-10H2. The molecule has 1 fully saturated rings. The van der Waals surface area contributed by atoms with Gasteiger partial charge in [-0.1, -0.05) is 15.9 Å². The van der Waals surface area contributed by atoms with Gasteiger partial charge in [0.25, 0.3) is 0 Å². The van der Waals surface area contributed by atoms with E-state index in [1.165, 1.54) is 0 Å². The number of hydrogen-bond donors (Lipinski definition) is 0. The molecule has 18 heavy (non-hydrogen) atoms. The Morgan fingerprint density at radius 2 is 2.17 bits per heavy atom. The number of benzene rings is 1. The van der Waals surface area contributed by atoms with E-state index < -0.39 is 0 Å². The highest BCUT2D eigenvalue weighted by molar-refractivity contribution is 9.10. The van der Waals surface area contributed by atoms with E-state index >= 15 is 0 Å². The van der Waals surface area contributed by atoms with Gasteiger partial charge < -0.3 is 9.47 Å². The zero-order chi connectivity index (χ0) is 12.8. The first-order valence-corrected chi connectivity index (χ1v) is 7.38. The quantitative estimate of drug-likeness (QED) is 0.773. The summed E-state index contributed by atoms with van der Waals surface area (Å²) < 4.78 is 12.2. The van der Waals surface area contributed by atoms with E-state index in [1.54, 1.807) is 0 Å². The predicted molar refractivity (Wildman–Crippen MR) is 76.5 cm³/mol. The largest absolute Gasteiger partial charge is 0.492 e. The van der Waals surface area contributed by atoms with Gasteiger partial charge in [0.05, 0.1) is 13.2 Å². The second-order valence-electron chi connectivity index (χ2n) is 4.22. The first-order valence-electron chi connectivity index (χ1n) is 6.05. The van der Waals surface area contributed by atoms with Crippen molar-refractivity contribution in [3.8, 4) is 5.75 Å². The van der Waals surface area contributed by atoms with Crippen molar-refractivity contribution < 1.29 is 9.47 Å². The first-order chi connectivity index (χ1) is 8.79. The van der Waals surface area contributed by atoms with E-state index in [0.717, 1.165) is 36.5 Å². The first kappa shape index (κ1) is 14.1. The normalized spacial score (nSPS) is 20.9. The topological polar surface area (TPSA) is 21.7 Å². The Balaban J connectivity index is 1.75. The lowest BCUT2D eigenvalue weighted by molar-refractivity contribution is -0.00385. The Labute approximate surface area is 121 Å². The van der Waals surface area contributed by atoms with Crippen molar-refractivity contribution in [1.82, 2.24) is 4.90 Å². The van der Waals surface area contributed by atoms with Gasteiger partial charge in [0.15, 0.2) is 0 Å². The highest BCUT2D eigenvalue weighted by atomic mass is 79.9. The van der Waals surface area contributed by atoms with E-state index in [-0.39, 0.29) is 0 Å². The van der Waals surface area contributed by atoms with Crippen LogP contribution in [0.5, 0.6) is 5.75 Å². The number of nitrogens with zero attached hydrogens (tertiary/aromatic N) is 1. The highest BCUT2D eigenvalue weighted by Gasteiger charge is 2.21. The van der Waals surface area contributed by atoms with Gasteiger partial charge in [-0.15, -0.1) is 11.6 Å². The van der Waals surface area contributed by atoms with Crippen molar-refractivity contribution >= 4 is 27.5 Å². The third kappa shape index (κ3) is 4.12. The van der Waals surface area contributed by atoms with Crippen LogP contribution in [-0.4, -0.2) is 49.7 Å². The van der Waals surface area contributed by atoms with Crippen molar-refractivity contribution in [2.24, 2.45) is 0 Å². The van der Waals surface area contributed by atoms with Crippen molar-refractivity contribution in [1.29, 1.82) is 0 Å². The Hall–Kier alpha value is -0.290. The Bertz CT molecular complexity index is 361. The van der Waals surface area contributed by atoms with Crippen LogP contribution in [0.3, 0.4) is 0 Å². The van der Waals surface area contributed by atoms with Crippen LogP contribution < -0.4 is 4.74 Å². The molecule has 1 unspecified atom stereocenters. The van der Waals surface area contributed by atoms with Gasteiger partial charge in [0.2, 0.25) is 0 Å². The smallest absolute Gasteiger partial charge is 0.119 e. The fourth-order valence-corrected chi connectivity index (χ4v) is 2.49. The molecule has 0 radical (unpaired) electrons. The van der Waals surface area contributed by atoms with E-state index in [2.05, 4.69) is 20.8 Å². The lowest BCUT2D eigenvalue weighted by atomic mass is 10.2. The second-order valence-corrected chi connectivity index (χ2v) is 5.45. The molecule has 0 aliphatic carbocycles. The number of morpholine rings is 1. The van der Waals surface area contributed by atoms with E-state index in [4.69, 9.17) is 21.1 Å². The molecule has 0 spiro atoms. The molecule has 0 saturated carbocycles. The summed E-state index contributed by atoms with van der Waals surface area (Å²) in [7, 11) is 0. The summed E-state index contributed by atoms with van der Waals surface area (Å²) in [5, 5.41) is 0. The van der Waals surface area contributed by atoms with Gasteiger partial charge >= 0.3 is 0 Å². The van der Waals surface area contributed by atoms with Crippen LogP contribution in [0.2, 0.25) is 0 Å². The SMILES string of the molecule is ClCC1COCCN1CCOc1ccc(Br)cc1. The zero-order valence-corrected chi connectivity index (χ0v) is 12.5. The van der Waals surface area contributed by atoms with Crippen LogP contribution in [0.4, 0.5) is 0 Å². The third-order valence-corrected chi connectivity index (χ3v) is 3.87. The molecular formula is C13H17BrClNO2. The molecule has 1 aromatic carbocycles. The fourth-order valence-electron chi connectivity index (χ4n) is 1.94. The van der Waals surface area contributed by atoms with Crippen molar-refractivity contribution in [3.05, 3.63) is 28.7 Å². The number of halogens is 2. The van der Waals surface area contributed by atoms with Crippen LogP contribution in [0, 0.1) is 0 Å². The summed E-state index contributed by atoms with van der Waals surface area (Å²) in [5.74, 6) is 1.51. The second kappa shape index (κ2) is 7.34. The summed E-state index contributed by atoms with van der Waals surface area (Å²) in [6.07, 6.45) is 0. The fraction of sp³-hybridized carbons (Fsp3) is 0.538. The van der Waals surface area contributed by atoms with Gasteiger partial charge in [-0.3, -0.25) is 4.90 Å². The summed E-state index contributed by atoms with van der Waals surface area (Å²) in [6.45, 7) is 4.00. The van der Waals surface area contributed by atoms with Crippen molar-refractivity contribution in [2.45, 2.75) is 6.04 Å². The molecule has 5 heteroatoms. The summed E-state index contributed by atoms with van der Waals surface area (Å²) in [5.41, 5.74) is 0. The lowest BCUT2D eigenvalue weighted by Crippen LogP contribution is -2.48. The van der Waals surface area contributed by atoms with Gasteiger partial charge in [0, 0.05) is 29.5 Å². The van der Waals surface area contributed by atoms with Gasteiger partial charge in [-0.25, -0.2) is 0 Å². The van der Waals surface area contributed by atoms with Crippen LogP contribution in [0.1, 0.15) is 0 Å². The van der Waals surface area contributed by atoms with Gasteiger partial charge in [-0.2, -0.15) is 0 Å². The zero-order valence-electron chi connectivity index (χ0n) is 10.1. The molecular weight excluding hydrogens is 318 g/mol. The lowest BCUT2D eigenvalue weighted by Gasteiger charge is -2.34. The Kier molecular flexibility index (Phi) is 5.76. The number of alkyl halides is 1. The maximum atomic E-state index is 5.92. The molecule has 0 N–H and O–H groups in total. The molecule has 1 atom stereocenters. The summed E-state index contributed by atoms with van der Waals surface area (Å²) >= 11 is 9.32. The minimum Gasteiger partial charge on any atom is -0.492 e. The number of ether oxygens (including phenoxy) is 2. The molecule has 1 saturated heterocycles.